The van der Waals surface area contributed by atoms with E-state index in [1.165, 1.54) is 41.5 Å². The molecule has 0 saturated heterocycles. The Balaban J connectivity index is 1.74. The number of hydrogen-bond donors (Lipinski definition) is 2. The lowest BCUT2D eigenvalue weighted by atomic mass is 9.87. The van der Waals surface area contributed by atoms with Crippen LogP contribution in [0.4, 0.5) is 15.6 Å². The highest BCUT2D eigenvalue weighted by atomic mass is 32.2. The SMILES string of the molecule is CC(C)(C)c1ccc(N(CC2CCCC2)C(=O)Nc2ncc(SCC(=O)O)s2)cc1. The first kappa shape index (κ1) is 22.6. The molecule has 1 saturated carbocycles. The van der Waals surface area contributed by atoms with Crippen LogP contribution < -0.4 is 10.2 Å². The molecule has 8 heteroatoms. The molecule has 0 spiro atoms. The molecular weight excluding hydrogens is 418 g/mol. The standard InChI is InChI=1S/C22H29N3O3S2/c1-22(2,3)16-8-10-17(11-9-16)25(13-15-6-4-5-7-15)21(28)24-20-23-12-19(30-20)29-14-18(26)27/h8-12,15H,4-7,13-14H2,1-3H3,(H,26,27)(H,23,24,28). The zero-order valence-corrected chi connectivity index (χ0v) is 19.3. The Kier molecular flexibility index (Phi) is 7.41. The quantitative estimate of drug-likeness (QED) is 0.521. The van der Waals surface area contributed by atoms with Gasteiger partial charge in [-0.1, -0.05) is 57.1 Å². The van der Waals surface area contributed by atoms with Crippen LogP contribution in [0.5, 0.6) is 0 Å². The number of nitrogens with zero attached hydrogens (tertiary/aromatic N) is 2. The molecule has 1 aliphatic carbocycles. The number of nitrogens with one attached hydrogen (secondary N) is 1. The van der Waals surface area contributed by atoms with Crippen LogP contribution >= 0.6 is 23.1 Å². The largest absolute Gasteiger partial charge is 0.481 e. The fraction of sp³-hybridized carbons (Fsp3) is 0.500. The Hall–Kier alpha value is -2.06. The summed E-state index contributed by atoms with van der Waals surface area (Å²) in [5.74, 6) is -0.389. The first-order valence-electron chi connectivity index (χ1n) is 10.2. The van der Waals surface area contributed by atoms with Gasteiger partial charge in [0.05, 0.1) is 16.2 Å². The van der Waals surface area contributed by atoms with Crippen molar-refractivity contribution in [1.29, 1.82) is 0 Å². The number of hydrogen-bond acceptors (Lipinski definition) is 5. The fourth-order valence-electron chi connectivity index (χ4n) is 3.57. The van der Waals surface area contributed by atoms with Crippen molar-refractivity contribution in [2.24, 2.45) is 5.92 Å². The van der Waals surface area contributed by atoms with Crippen molar-refractivity contribution in [2.75, 3.05) is 22.5 Å². The first-order valence-corrected chi connectivity index (χ1v) is 12.0. The van der Waals surface area contributed by atoms with Gasteiger partial charge in [0.15, 0.2) is 5.13 Å². The summed E-state index contributed by atoms with van der Waals surface area (Å²) in [6, 6.07) is 8.02. The number of anilines is 2. The van der Waals surface area contributed by atoms with Crippen molar-refractivity contribution in [3.05, 3.63) is 36.0 Å². The minimum Gasteiger partial charge on any atom is -0.481 e. The van der Waals surface area contributed by atoms with Gasteiger partial charge >= 0.3 is 12.0 Å². The monoisotopic (exact) mass is 447 g/mol. The number of aliphatic carboxylic acids is 1. The molecule has 0 radical (unpaired) electrons. The second-order valence-electron chi connectivity index (χ2n) is 8.65. The van der Waals surface area contributed by atoms with E-state index < -0.39 is 5.97 Å². The lowest BCUT2D eigenvalue weighted by Gasteiger charge is -2.27. The highest BCUT2D eigenvalue weighted by Gasteiger charge is 2.24. The third-order valence-electron chi connectivity index (χ3n) is 5.24. The summed E-state index contributed by atoms with van der Waals surface area (Å²) >= 11 is 2.50. The van der Waals surface area contributed by atoms with Gasteiger partial charge in [-0.2, -0.15) is 0 Å². The summed E-state index contributed by atoms with van der Waals surface area (Å²) in [5, 5.41) is 12.2. The highest BCUT2D eigenvalue weighted by molar-refractivity contribution is 8.01. The molecule has 1 aromatic carbocycles. The maximum absolute atomic E-state index is 13.1. The van der Waals surface area contributed by atoms with Crippen LogP contribution in [0.15, 0.2) is 34.7 Å². The Morgan fingerprint density at radius 2 is 1.90 bits per heavy atom. The normalized spacial score (nSPS) is 14.6. The number of carboxylic acids is 1. The van der Waals surface area contributed by atoms with Crippen molar-refractivity contribution < 1.29 is 14.7 Å². The van der Waals surface area contributed by atoms with E-state index in [4.69, 9.17) is 5.11 Å². The molecule has 0 unspecified atom stereocenters. The van der Waals surface area contributed by atoms with Gasteiger partial charge in [0.1, 0.15) is 0 Å². The van der Waals surface area contributed by atoms with Crippen LogP contribution in [0.2, 0.25) is 0 Å². The fourth-order valence-corrected chi connectivity index (χ4v) is 5.16. The van der Waals surface area contributed by atoms with Gasteiger partial charge in [-0.3, -0.25) is 15.0 Å². The number of carbonyl (C=O) groups excluding carboxylic acids is 1. The maximum Gasteiger partial charge on any atom is 0.328 e. The van der Waals surface area contributed by atoms with Crippen LogP contribution in [0.3, 0.4) is 0 Å². The summed E-state index contributed by atoms with van der Waals surface area (Å²) < 4.78 is 0.768. The summed E-state index contributed by atoms with van der Waals surface area (Å²) in [5.41, 5.74) is 2.17. The summed E-state index contributed by atoms with van der Waals surface area (Å²) in [7, 11) is 0. The molecule has 1 heterocycles. The predicted octanol–water partition coefficient (Wildman–Crippen LogP) is 5.85. The number of aromatic nitrogens is 1. The van der Waals surface area contributed by atoms with E-state index in [0.717, 1.165) is 22.7 Å². The maximum atomic E-state index is 13.1. The van der Waals surface area contributed by atoms with Gasteiger partial charge < -0.3 is 5.11 Å². The molecule has 2 amide bonds. The van der Waals surface area contributed by atoms with Gasteiger partial charge in [0.25, 0.3) is 0 Å². The van der Waals surface area contributed by atoms with Gasteiger partial charge in [-0.15, -0.1) is 11.8 Å². The second kappa shape index (κ2) is 9.83. The van der Waals surface area contributed by atoms with E-state index in [1.54, 1.807) is 6.20 Å². The van der Waals surface area contributed by atoms with E-state index in [0.29, 0.717) is 17.6 Å². The molecular formula is C22H29N3O3S2. The number of carboxylic acid groups (broad SMARTS) is 1. The predicted molar refractivity (Wildman–Crippen MR) is 124 cm³/mol. The molecule has 1 aliphatic rings. The van der Waals surface area contributed by atoms with Crippen LogP contribution in [0.25, 0.3) is 0 Å². The molecule has 1 fully saturated rings. The Bertz CT molecular complexity index is 868. The van der Waals surface area contributed by atoms with Crippen LogP contribution in [-0.2, 0) is 10.2 Å². The lowest BCUT2D eigenvalue weighted by Crippen LogP contribution is -2.38. The van der Waals surface area contributed by atoms with Gasteiger partial charge in [0.2, 0.25) is 0 Å². The molecule has 0 atom stereocenters. The minimum absolute atomic E-state index is 0.0243. The summed E-state index contributed by atoms with van der Waals surface area (Å²) in [6.07, 6.45) is 6.35. The molecule has 30 heavy (non-hydrogen) atoms. The Labute approximate surface area is 186 Å². The molecule has 1 aromatic heterocycles. The van der Waals surface area contributed by atoms with E-state index in [-0.39, 0.29) is 17.2 Å². The minimum atomic E-state index is -0.875. The van der Waals surface area contributed by atoms with Gasteiger partial charge in [0, 0.05) is 12.2 Å². The third kappa shape index (κ3) is 6.22. The molecule has 0 bridgehead atoms. The number of thioether (sulfide) groups is 1. The number of urea groups is 1. The van der Waals surface area contributed by atoms with E-state index in [2.05, 4.69) is 43.2 Å². The van der Waals surface area contributed by atoms with E-state index in [1.807, 2.05) is 17.0 Å². The lowest BCUT2D eigenvalue weighted by molar-refractivity contribution is -0.133. The smallest absolute Gasteiger partial charge is 0.328 e. The van der Waals surface area contributed by atoms with Crippen LogP contribution in [0, 0.1) is 5.92 Å². The number of carbonyl (C=O) groups is 2. The summed E-state index contributed by atoms with van der Waals surface area (Å²) in [6.45, 7) is 7.21. The van der Waals surface area contributed by atoms with E-state index in [9.17, 15) is 9.59 Å². The van der Waals surface area contributed by atoms with Gasteiger partial charge in [-0.05, 0) is 41.9 Å². The Morgan fingerprint density at radius 3 is 2.50 bits per heavy atom. The second-order valence-corrected chi connectivity index (χ2v) is 11.0. The van der Waals surface area contributed by atoms with Crippen molar-refractivity contribution in [3.8, 4) is 0 Å². The van der Waals surface area contributed by atoms with Gasteiger partial charge in [-0.25, -0.2) is 9.78 Å². The zero-order chi connectivity index (χ0) is 21.7. The summed E-state index contributed by atoms with van der Waals surface area (Å²) in [4.78, 5) is 29.9. The highest BCUT2D eigenvalue weighted by Crippen LogP contribution is 2.31. The molecule has 3 rings (SSSR count). The number of thiazole rings is 1. The number of amides is 2. The van der Waals surface area contributed by atoms with Crippen LogP contribution in [0.1, 0.15) is 52.0 Å². The topological polar surface area (TPSA) is 82.5 Å². The number of benzene rings is 1. The van der Waals surface area contributed by atoms with Crippen molar-refractivity contribution in [2.45, 2.75) is 56.1 Å². The Morgan fingerprint density at radius 1 is 1.23 bits per heavy atom. The molecule has 162 valence electrons. The molecule has 0 aliphatic heterocycles. The molecule has 2 aromatic rings. The third-order valence-corrected chi connectivity index (χ3v) is 7.33. The van der Waals surface area contributed by atoms with Crippen molar-refractivity contribution in [3.63, 3.8) is 0 Å². The zero-order valence-electron chi connectivity index (χ0n) is 17.7. The average Bonchev–Trinajstić information content (AvgIpc) is 3.35. The first-order chi connectivity index (χ1) is 14.2. The van der Waals surface area contributed by atoms with E-state index >= 15 is 0 Å². The number of rotatable bonds is 7. The van der Waals surface area contributed by atoms with Crippen LogP contribution in [-0.4, -0.2) is 34.4 Å². The van der Waals surface area contributed by atoms with Crippen molar-refractivity contribution >= 4 is 45.9 Å². The molecule has 2 N–H and O–H groups in total. The van der Waals surface area contributed by atoms with Crippen molar-refractivity contribution in [1.82, 2.24) is 4.98 Å². The average molecular weight is 448 g/mol. The molecule has 6 nitrogen and oxygen atoms in total.